The molecule has 1 N–H and O–H groups in total. The van der Waals surface area contributed by atoms with Crippen molar-refractivity contribution in [1.29, 1.82) is 0 Å². The second kappa shape index (κ2) is 3.61. The first-order valence-electron chi connectivity index (χ1n) is 6.03. The number of rotatable bonds is 2. The number of aryl methyl sites for hydroxylation is 1. The highest BCUT2D eigenvalue weighted by molar-refractivity contribution is 5.70. The Labute approximate surface area is 94.3 Å². The van der Waals surface area contributed by atoms with Crippen molar-refractivity contribution >= 4 is 5.97 Å². The monoisotopic (exact) mass is 220 g/mol. The second-order valence-corrected chi connectivity index (χ2v) is 4.94. The van der Waals surface area contributed by atoms with Gasteiger partial charge in [0.2, 0.25) is 0 Å². The first-order chi connectivity index (χ1) is 7.74. The first kappa shape index (κ1) is 9.87. The molecule has 1 saturated carbocycles. The summed E-state index contributed by atoms with van der Waals surface area (Å²) in [6, 6.07) is 0. The minimum absolute atomic E-state index is 0.226. The van der Waals surface area contributed by atoms with Crippen LogP contribution >= 0.6 is 0 Å². The number of carbonyl (C=O) groups is 1. The fourth-order valence-corrected chi connectivity index (χ4v) is 2.57. The predicted octanol–water partition coefficient (Wildman–Crippen LogP) is 1.80. The molecular weight excluding hydrogens is 204 g/mol. The maximum absolute atomic E-state index is 10.9. The van der Waals surface area contributed by atoms with Crippen LogP contribution in [-0.4, -0.2) is 20.6 Å². The number of carboxylic acids is 1. The van der Waals surface area contributed by atoms with Crippen LogP contribution in [0.5, 0.6) is 0 Å². The highest BCUT2D eigenvalue weighted by Gasteiger charge is 2.28. The molecule has 0 amide bonds. The van der Waals surface area contributed by atoms with Crippen LogP contribution in [0.25, 0.3) is 0 Å². The van der Waals surface area contributed by atoms with Crippen molar-refractivity contribution < 1.29 is 9.90 Å². The lowest BCUT2D eigenvalue weighted by atomic mass is 9.83. The fourth-order valence-electron chi connectivity index (χ4n) is 2.57. The molecule has 16 heavy (non-hydrogen) atoms. The van der Waals surface area contributed by atoms with Gasteiger partial charge in [0, 0.05) is 25.1 Å². The van der Waals surface area contributed by atoms with E-state index in [1.807, 2.05) is 0 Å². The lowest BCUT2D eigenvalue weighted by molar-refractivity contribution is -0.142. The highest BCUT2D eigenvalue weighted by Crippen LogP contribution is 2.36. The molecule has 0 saturated heterocycles. The van der Waals surface area contributed by atoms with Crippen LogP contribution in [0.3, 0.4) is 0 Å². The zero-order chi connectivity index (χ0) is 11.1. The van der Waals surface area contributed by atoms with E-state index in [-0.39, 0.29) is 5.92 Å². The SMILES string of the molecule is O=C(O)C1CCc2nc(C3CCC3)cn2C1. The Morgan fingerprint density at radius 1 is 1.44 bits per heavy atom. The van der Waals surface area contributed by atoms with E-state index < -0.39 is 5.97 Å². The fraction of sp³-hybridized carbons (Fsp3) is 0.667. The van der Waals surface area contributed by atoms with E-state index in [2.05, 4.69) is 15.7 Å². The lowest BCUT2D eigenvalue weighted by Crippen LogP contribution is -2.26. The van der Waals surface area contributed by atoms with Gasteiger partial charge < -0.3 is 9.67 Å². The molecule has 2 heterocycles. The van der Waals surface area contributed by atoms with Gasteiger partial charge in [-0.2, -0.15) is 0 Å². The normalized spacial score (nSPS) is 24.9. The predicted molar refractivity (Wildman–Crippen MR) is 58.3 cm³/mol. The van der Waals surface area contributed by atoms with E-state index in [1.54, 1.807) is 0 Å². The van der Waals surface area contributed by atoms with Gasteiger partial charge in [-0.3, -0.25) is 4.79 Å². The number of carboxylic acid groups (broad SMARTS) is 1. The number of aliphatic carboxylic acids is 1. The van der Waals surface area contributed by atoms with Gasteiger partial charge in [0.25, 0.3) is 0 Å². The largest absolute Gasteiger partial charge is 0.481 e. The zero-order valence-electron chi connectivity index (χ0n) is 9.22. The summed E-state index contributed by atoms with van der Waals surface area (Å²) in [6.07, 6.45) is 7.43. The van der Waals surface area contributed by atoms with Crippen molar-refractivity contribution in [2.75, 3.05) is 0 Å². The van der Waals surface area contributed by atoms with Crippen molar-refractivity contribution in [3.05, 3.63) is 17.7 Å². The zero-order valence-corrected chi connectivity index (χ0v) is 9.22. The molecule has 0 radical (unpaired) electrons. The van der Waals surface area contributed by atoms with Gasteiger partial charge in [-0.25, -0.2) is 4.98 Å². The Balaban J connectivity index is 1.82. The van der Waals surface area contributed by atoms with Crippen molar-refractivity contribution in [1.82, 2.24) is 9.55 Å². The van der Waals surface area contributed by atoms with E-state index in [0.717, 1.165) is 18.7 Å². The average Bonchev–Trinajstić information content (AvgIpc) is 2.56. The number of imidazole rings is 1. The van der Waals surface area contributed by atoms with E-state index in [0.29, 0.717) is 12.5 Å². The molecule has 0 bridgehead atoms. The molecule has 1 atom stereocenters. The summed E-state index contributed by atoms with van der Waals surface area (Å²) in [5, 5.41) is 9.00. The standard InChI is InChI=1S/C12H16N2O2/c15-12(16)9-4-5-11-13-10(7-14(11)6-9)8-2-1-3-8/h7-9H,1-6H2,(H,15,16). The quantitative estimate of drug-likeness (QED) is 0.826. The van der Waals surface area contributed by atoms with E-state index in [9.17, 15) is 4.79 Å². The summed E-state index contributed by atoms with van der Waals surface area (Å²) >= 11 is 0. The maximum atomic E-state index is 10.9. The number of hydrogen-bond acceptors (Lipinski definition) is 2. The molecule has 4 nitrogen and oxygen atoms in total. The molecule has 0 aromatic carbocycles. The smallest absolute Gasteiger partial charge is 0.308 e. The molecule has 1 aromatic heterocycles. The minimum atomic E-state index is -0.676. The molecule has 1 unspecified atom stereocenters. The van der Waals surface area contributed by atoms with Gasteiger partial charge >= 0.3 is 5.97 Å². The third-order valence-corrected chi connectivity index (χ3v) is 3.88. The molecule has 1 fully saturated rings. The van der Waals surface area contributed by atoms with Gasteiger partial charge in [0.05, 0.1) is 11.6 Å². The summed E-state index contributed by atoms with van der Waals surface area (Å²) in [5.41, 5.74) is 1.19. The van der Waals surface area contributed by atoms with Crippen LogP contribution in [-0.2, 0) is 17.8 Å². The number of aromatic nitrogens is 2. The number of nitrogens with zero attached hydrogens (tertiary/aromatic N) is 2. The van der Waals surface area contributed by atoms with Crippen molar-refractivity contribution in [3.63, 3.8) is 0 Å². The topological polar surface area (TPSA) is 55.1 Å². The molecule has 4 heteroatoms. The molecule has 0 spiro atoms. The summed E-state index contributed by atoms with van der Waals surface area (Å²) in [6.45, 7) is 0.602. The van der Waals surface area contributed by atoms with Gasteiger partial charge in [-0.15, -0.1) is 0 Å². The van der Waals surface area contributed by atoms with Gasteiger partial charge in [-0.05, 0) is 19.3 Å². The molecule has 2 aliphatic rings. The summed E-state index contributed by atoms with van der Waals surface area (Å²) in [4.78, 5) is 15.6. The second-order valence-electron chi connectivity index (χ2n) is 4.94. The van der Waals surface area contributed by atoms with Crippen LogP contribution in [0.1, 0.15) is 43.1 Å². The van der Waals surface area contributed by atoms with E-state index >= 15 is 0 Å². The van der Waals surface area contributed by atoms with Crippen molar-refractivity contribution in [2.45, 2.75) is 44.6 Å². The number of hydrogen-bond donors (Lipinski definition) is 1. The van der Waals surface area contributed by atoms with Gasteiger partial charge in [0.1, 0.15) is 5.82 Å². The summed E-state index contributed by atoms with van der Waals surface area (Å²) in [5.74, 6) is 0.821. The van der Waals surface area contributed by atoms with E-state index in [1.165, 1.54) is 25.0 Å². The average molecular weight is 220 g/mol. The van der Waals surface area contributed by atoms with Gasteiger partial charge in [0.15, 0.2) is 0 Å². The summed E-state index contributed by atoms with van der Waals surface area (Å²) < 4.78 is 2.05. The lowest BCUT2D eigenvalue weighted by Gasteiger charge is -2.22. The van der Waals surface area contributed by atoms with Gasteiger partial charge in [-0.1, -0.05) is 6.42 Å². The molecule has 86 valence electrons. The molecule has 1 aliphatic heterocycles. The van der Waals surface area contributed by atoms with E-state index in [4.69, 9.17) is 5.11 Å². The third-order valence-electron chi connectivity index (χ3n) is 3.88. The van der Waals surface area contributed by atoms with Crippen molar-refractivity contribution in [3.8, 4) is 0 Å². The van der Waals surface area contributed by atoms with Crippen LogP contribution in [0.4, 0.5) is 0 Å². The Morgan fingerprint density at radius 2 is 2.25 bits per heavy atom. The van der Waals surface area contributed by atoms with Crippen LogP contribution < -0.4 is 0 Å². The van der Waals surface area contributed by atoms with Crippen molar-refractivity contribution in [2.24, 2.45) is 5.92 Å². The van der Waals surface area contributed by atoms with Crippen LogP contribution in [0.2, 0.25) is 0 Å². The number of fused-ring (bicyclic) bond motifs is 1. The minimum Gasteiger partial charge on any atom is -0.481 e. The maximum Gasteiger partial charge on any atom is 0.308 e. The Hall–Kier alpha value is -1.32. The Morgan fingerprint density at radius 3 is 2.88 bits per heavy atom. The third kappa shape index (κ3) is 1.52. The molecule has 1 aliphatic carbocycles. The summed E-state index contributed by atoms with van der Waals surface area (Å²) in [7, 11) is 0. The Bertz CT molecular complexity index is 421. The molecule has 1 aromatic rings. The highest BCUT2D eigenvalue weighted by atomic mass is 16.4. The molecule has 3 rings (SSSR count). The van der Waals surface area contributed by atoms with Crippen LogP contribution in [0.15, 0.2) is 6.20 Å². The first-order valence-corrected chi connectivity index (χ1v) is 6.03. The molecular formula is C12H16N2O2. The Kier molecular flexibility index (Phi) is 2.23. The van der Waals surface area contributed by atoms with Crippen LogP contribution in [0, 0.1) is 5.92 Å².